The minimum absolute atomic E-state index is 0.0629. The van der Waals surface area contributed by atoms with Crippen LogP contribution in [0.3, 0.4) is 0 Å². The van der Waals surface area contributed by atoms with E-state index in [1.807, 2.05) is 0 Å². The molecule has 0 unspecified atom stereocenters. The summed E-state index contributed by atoms with van der Waals surface area (Å²) in [6.07, 6.45) is 1.71. The van der Waals surface area contributed by atoms with Gasteiger partial charge in [0.25, 0.3) is 0 Å². The fourth-order valence-corrected chi connectivity index (χ4v) is 2.61. The van der Waals surface area contributed by atoms with E-state index in [0.717, 1.165) is 11.8 Å². The standard InChI is InChI=1S/C12H13FN2O2S/c1-9-7-11(4-5-12(9)13)18(16,17)15-8-10-3-2-6-14-10/h2-7,14-15H,8H2,1H3. The van der Waals surface area contributed by atoms with Gasteiger partial charge in [0.15, 0.2) is 0 Å². The number of H-pyrrole nitrogens is 1. The Hall–Kier alpha value is -1.66. The number of aromatic amines is 1. The minimum Gasteiger partial charge on any atom is -0.364 e. The molecule has 2 rings (SSSR count). The van der Waals surface area contributed by atoms with Crippen molar-refractivity contribution in [1.29, 1.82) is 0 Å². The summed E-state index contributed by atoms with van der Waals surface area (Å²) in [5.41, 5.74) is 1.06. The molecule has 0 atom stereocenters. The molecular formula is C12H13FN2O2S. The summed E-state index contributed by atoms with van der Waals surface area (Å²) in [6, 6.07) is 7.27. The highest BCUT2D eigenvalue weighted by molar-refractivity contribution is 7.89. The van der Waals surface area contributed by atoms with Gasteiger partial charge < -0.3 is 4.98 Å². The molecule has 6 heteroatoms. The summed E-state index contributed by atoms with van der Waals surface area (Å²) in [5.74, 6) is -0.418. The third-order valence-electron chi connectivity index (χ3n) is 2.55. The van der Waals surface area contributed by atoms with Crippen molar-refractivity contribution in [3.8, 4) is 0 Å². The molecule has 0 aliphatic carbocycles. The number of nitrogens with one attached hydrogen (secondary N) is 2. The van der Waals surface area contributed by atoms with Gasteiger partial charge in [0, 0.05) is 11.9 Å². The van der Waals surface area contributed by atoms with Crippen LogP contribution in [0.1, 0.15) is 11.3 Å². The maximum absolute atomic E-state index is 13.1. The first kappa shape index (κ1) is 12.8. The molecule has 2 N–H and O–H groups in total. The van der Waals surface area contributed by atoms with Crippen molar-refractivity contribution in [2.75, 3.05) is 0 Å². The quantitative estimate of drug-likeness (QED) is 0.890. The molecule has 0 radical (unpaired) electrons. The highest BCUT2D eigenvalue weighted by Gasteiger charge is 2.14. The zero-order valence-electron chi connectivity index (χ0n) is 9.77. The molecular weight excluding hydrogens is 255 g/mol. The Morgan fingerprint density at radius 3 is 2.72 bits per heavy atom. The second kappa shape index (κ2) is 4.91. The first-order valence-electron chi connectivity index (χ1n) is 5.37. The summed E-state index contributed by atoms with van der Waals surface area (Å²) in [6.45, 7) is 1.70. The number of benzene rings is 1. The SMILES string of the molecule is Cc1cc(S(=O)(=O)NCc2ccc[nH]2)ccc1F. The van der Waals surface area contributed by atoms with E-state index in [4.69, 9.17) is 0 Å². The molecule has 0 saturated carbocycles. The summed E-state index contributed by atoms with van der Waals surface area (Å²) in [4.78, 5) is 2.96. The van der Waals surface area contributed by atoms with E-state index in [9.17, 15) is 12.8 Å². The van der Waals surface area contributed by atoms with E-state index in [-0.39, 0.29) is 11.4 Å². The van der Waals surface area contributed by atoms with E-state index < -0.39 is 15.8 Å². The molecule has 1 aromatic heterocycles. The molecule has 1 heterocycles. The molecule has 0 fully saturated rings. The number of hydrogen-bond acceptors (Lipinski definition) is 2. The van der Waals surface area contributed by atoms with Gasteiger partial charge in [0.05, 0.1) is 11.4 Å². The van der Waals surface area contributed by atoms with Crippen molar-refractivity contribution in [2.24, 2.45) is 0 Å². The van der Waals surface area contributed by atoms with Crippen molar-refractivity contribution < 1.29 is 12.8 Å². The van der Waals surface area contributed by atoms with Crippen LogP contribution in [-0.2, 0) is 16.6 Å². The van der Waals surface area contributed by atoms with E-state index in [1.165, 1.54) is 19.1 Å². The Morgan fingerprint density at radius 1 is 1.33 bits per heavy atom. The van der Waals surface area contributed by atoms with Crippen LogP contribution in [0.15, 0.2) is 41.4 Å². The lowest BCUT2D eigenvalue weighted by Gasteiger charge is -2.07. The summed E-state index contributed by atoms with van der Waals surface area (Å²) >= 11 is 0. The second-order valence-corrected chi connectivity index (χ2v) is 5.70. The van der Waals surface area contributed by atoms with Gasteiger partial charge in [0.2, 0.25) is 10.0 Å². The molecule has 18 heavy (non-hydrogen) atoms. The van der Waals surface area contributed by atoms with Crippen LogP contribution < -0.4 is 4.72 Å². The van der Waals surface area contributed by atoms with Crippen LogP contribution >= 0.6 is 0 Å². The maximum Gasteiger partial charge on any atom is 0.240 e. The third kappa shape index (κ3) is 2.77. The number of aromatic nitrogens is 1. The number of aryl methyl sites for hydroxylation is 1. The Bertz CT molecular complexity index is 636. The summed E-state index contributed by atoms with van der Waals surface area (Å²) in [5, 5.41) is 0. The van der Waals surface area contributed by atoms with Gasteiger partial charge in [-0.05, 0) is 42.8 Å². The van der Waals surface area contributed by atoms with Crippen LogP contribution in [0.5, 0.6) is 0 Å². The number of rotatable bonds is 4. The predicted octanol–water partition coefficient (Wildman–Crippen LogP) is 1.94. The number of sulfonamides is 1. The van der Waals surface area contributed by atoms with E-state index >= 15 is 0 Å². The van der Waals surface area contributed by atoms with Crippen molar-refractivity contribution in [2.45, 2.75) is 18.4 Å². The Labute approximate surface area is 105 Å². The topological polar surface area (TPSA) is 62.0 Å². The monoisotopic (exact) mass is 268 g/mol. The largest absolute Gasteiger partial charge is 0.364 e. The van der Waals surface area contributed by atoms with Crippen molar-refractivity contribution >= 4 is 10.0 Å². The molecule has 0 bridgehead atoms. The lowest BCUT2D eigenvalue weighted by Crippen LogP contribution is -2.23. The minimum atomic E-state index is -3.61. The average molecular weight is 268 g/mol. The second-order valence-electron chi connectivity index (χ2n) is 3.93. The molecule has 0 saturated heterocycles. The molecule has 0 spiro atoms. The van der Waals surface area contributed by atoms with Crippen LogP contribution in [-0.4, -0.2) is 13.4 Å². The predicted molar refractivity (Wildman–Crippen MR) is 66.0 cm³/mol. The van der Waals surface area contributed by atoms with Crippen molar-refractivity contribution in [3.05, 3.63) is 53.6 Å². The highest BCUT2D eigenvalue weighted by atomic mass is 32.2. The van der Waals surface area contributed by atoms with Gasteiger partial charge in [-0.15, -0.1) is 0 Å². The first-order valence-corrected chi connectivity index (χ1v) is 6.85. The normalized spacial score (nSPS) is 11.7. The number of hydrogen-bond donors (Lipinski definition) is 2. The highest BCUT2D eigenvalue weighted by Crippen LogP contribution is 2.14. The molecule has 96 valence electrons. The zero-order chi connectivity index (χ0) is 13.2. The van der Waals surface area contributed by atoms with Gasteiger partial charge >= 0.3 is 0 Å². The molecule has 1 aromatic carbocycles. The van der Waals surface area contributed by atoms with Gasteiger partial charge in [-0.25, -0.2) is 17.5 Å². The molecule has 0 aliphatic heterocycles. The Balaban J connectivity index is 2.17. The van der Waals surface area contributed by atoms with Crippen LogP contribution in [0.4, 0.5) is 4.39 Å². The lowest BCUT2D eigenvalue weighted by molar-refractivity contribution is 0.579. The van der Waals surface area contributed by atoms with E-state index in [0.29, 0.717) is 5.56 Å². The van der Waals surface area contributed by atoms with Gasteiger partial charge in [-0.2, -0.15) is 0 Å². The average Bonchev–Trinajstić information content (AvgIpc) is 2.83. The van der Waals surface area contributed by atoms with Crippen LogP contribution in [0, 0.1) is 12.7 Å². The van der Waals surface area contributed by atoms with Crippen molar-refractivity contribution in [1.82, 2.24) is 9.71 Å². The van der Waals surface area contributed by atoms with Gasteiger partial charge in [-0.3, -0.25) is 0 Å². The van der Waals surface area contributed by atoms with Crippen LogP contribution in [0.2, 0.25) is 0 Å². The lowest BCUT2D eigenvalue weighted by atomic mass is 10.2. The fourth-order valence-electron chi connectivity index (χ4n) is 1.52. The Morgan fingerprint density at radius 2 is 2.11 bits per heavy atom. The summed E-state index contributed by atoms with van der Waals surface area (Å²) in [7, 11) is -3.61. The van der Waals surface area contributed by atoms with Crippen molar-refractivity contribution in [3.63, 3.8) is 0 Å². The third-order valence-corrected chi connectivity index (χ3v) is 3.95. The van der Waals surface area contributed by atoms with Gasteiger partial charge in [-0.1, -0.05) is 0 Å². The summed E-state index contributed by atoms with van der Waals surface area (Å²) < 4.78 is 39.4. The molecule has 0 amide bonds. The first-order chi connectivity index (χ1) is 8.49. The Kier molecular flexibility index (Phi) is 3.49. The number of halogens is 1. The van der Waals surface area contributed by atoms with Gasteiger partial charge in [0.1, 0.15) is 5.82 Å². The molecule has 2 aromatic rings. The fraction of sp³-hybridized carbons (Fsp3) is 0.167. The molecule has 0 aliphatic rings. The van der Waals surface area contributed by atoms with Crippen LogP contribution in [0.25, 0.3) is 0 Å². The smallest absolute Gasteiger partial charge is 0.240 e. The van der Waals surface area contributed by atoms with E-state index in [2.05, 4.69) is 9.71 Å². The van der Waals surface area contributed by atoms with E-state index in [1.54, 1.807) is 18.3 Å². The molecule has 4 nitrogen and oxygen atoms in total. The zero-order valence-corrected chi connectivity index (χ0v) is 10.6. The maximum atomic E-state index is 13.1.